The molecule has 0 aliphatic heterocycles. The van der Waals surface area contributed by atoms with Gasteiger partial charge in [-0.2, -0.15) is 0 Å². The predicted molar refractivity (Wildman–Crippen MR) is 365 cm³/mol. The maximum atomic E-state index is 2.58. The minimum atomic E-state index is -0.844. The fraction of sp³-hybridized carbons (Fsp3) is 0.122. The molecule has 12 aromatic carbocycles. The van der Waals surface area contributed by atoms with Crippen LogP contribution in [0.1, 0.15) is 66.8 Å². The van der Waals surface area contributed by atoms with E-state index >= 15 is 0 Å². The third-order valence-electron chi connectivity index (χ3n) is 18.4. The first-order valence-electron chi connectivity index (χ1n) is 30.2. The monoisotopic (exact) mass is 1110 g/mol. The molecule has 0 saturated heterocycles. The van der Waals surface area contributed by atoms with Crippen LogP contribution >= 0.6 is 0 Å². The summed E-state index contributed by atoms with van der Waals surface area (Å²) in [4.78, 5) is 7.34. The summed E-state index contributed by atoms with van der Waals surface area (Å²) in [7, 11) is 2.37. The number of aryl methyl sites for hydroxylation is 8. The Morgan fingerprint density at radius 1 is 0.209 bits per heavy atom. The predicted octanol–water partition coefficient (Wildman–Crippen LogP) is 22.5. The standard InChI is InChI=1S/C82H71N4/c1-54-10-26-62(27-11-54)83(63-28-12-55(2)13-29-63)68-38-46-74-75-47-39-69(84(64-30-14-56(3)15-31-64)65-32-16-57(4)17-33-65)51-79(75)82(78(74)50-68)80-52-70(85(66-34-18-58(5)19-35-66)67-36-20-59(6)21-37-67)40-48-76(80)77-49-45-73(53-81(77)82)86(9,71-41-22-60(7)23-42-71)72-43-24-61(8)25-44-72/h10-53H,1-9H3/q+1. The van der Waals surface area contributed by atoms with E-state index in [2.05, 4.69) is 344 Å². The first kappa shape index (κ1) is 54.0. The molecule has 14 rings (SSSR count). The van der Waals surface area contributed by atoms with Crippen LogP contribution in [0.5, 0.6) is 0 Å². The van der Waals surface area contributed by atoms with E-state index in [4.69, 9.17) is 0 Å². The molecule has 86 heavy (non-hydrogen) atoms. The summed E-state index contributed by atoms with van der Waals surface area (Å²) < 4.78 is 0.461. The van der Waals surface area contributed by atoms with Gasteiger partial charge in [-0.25, -0.2) is 4.48 Å². The van der Waals surface area contributed by atoms with Gasteiger partial charge < -0.3 is 14.7 Å². The van der Waals surface area contributed by atoms with Crippen molar-refractivity contribution in [1.82, 2.24) is 4.48 Å². The SMILES string of the molecule is Cc1ccc(N(c2ccc(C)cc2)c2ccc3c(c2)C2(c4cc(N(c5ccc(C)cc5)c5ccc(C)cc5)ccc4-3)c3cc(N(c4ccc(C)cc4)c4ccc(C)cc4)ccc3-c3ccc([N+](C)(c4ccc(C)cc4)c4ccc(C)cc4)cc32)cc1. The number of benzene rings is 12. The topological polar surface area (TPSA) is 9.72 Å². The van der Waals surface area contributed by atoms with Crippen molar-refractivity contribution in [3.05, 3.63) is 334 Å². The molecule has 0 aromatic heterocycles. The number of nitrogens with zero attached hydrogens (tertiary/aromatic N) is 4. The van der Waals surface area contributed by atoms with Crippen LogP contribution in [0, 0.1) is 55.4 Å². The van der Waals surface area contributed by atoms with Crippen LogP contribution in [-0.4, -0.2) is 7.05 Å². The Morgan fingerprint density at radius 2 is 0.395 bits per heavy atom. The molecule has 4 nitrogen and oxygen atoms in total. The zero-order valence-corrected chi connectivity index (χ0v) is 50.7. The largest absolute Gasteiger partial charge is 0.310 e. The molecule has 12 aromatic rings. The number of rotatable bonds is 12. The Balaban J connectivity index is 1.11. The lowest BCUT2D eigenvalue weighted by Gasteiger charge is -2.36. The smallest absolute Gasteiger partial charge is 0.143 e. The van der Waals surface area contributed by atoms with Gasteiger partial charge in [0.25, 0.3) is 0 Å². The highest BCUT2D eigenvalue weighted by Gasteiger charge is 2.53. The van der Waals surface area contributed by atoms with Crippen LogP contribution in [-0.2, 0) is 5.41 Å². The molecule has 0 saturated carbocycles. The molecule has 418 valence electrons. The summed E-state index contributed by atoms with van der Waals surface area (Å²) in [6, 6.07) is 102. The van der Waals surface area contributed by atoms with Gasteiger partial charge in [-0.3, -0.25) is 0 Å². The lowest BCUT2D eigenvalue weighted by Crippen LogP contribution is -2.34. The minimum Gasteiger partial charge on any atom is -0.310 e. The van der Waals surface area contributed by atoms with Crippen molar-refractivity contribution in [2.24, 2.45) is 0 Å². The molecule has 0 bridgehead atoms. The van der Waals surface area contributed by atoms with E-state index in [1.807, 2.05) is 0 Å². The second-order valence-electron chi connectivity index (χ2n) is 24.4. The summed E-state index contributed by atoms with van der Waals surface area (Å²) in [6.45, 7) is 17.4. The van der Waals surface area contributed by atoms with Crippen molar-refractivity contribution in [2.45, 2.75) is 60.8 Å². The minimum absolute atomic E-state index is 0.461. The lowest BCUT2D eigenvalue weighted by atomic mass is 9.70. The summed E-state index contributed by atoms with van der Waals surface area (Å²) in [6.07, 6.45) is 0. The van der Waals surface area contributed by atoms with Crippen LogP contribution in [0.3, 0.4) is 0 Å². The van der Waals surface area contributed by atoms with Crippen LogP contribution in [0.15, 0.2) is 267 Å². The van der Waals surface area contributed by atoms with E-state index in [9.17, 15) is 0 Å². The Hall–Kier alpha value is -10.0. The van der Waals surface area contributed by atoms with Gasteiger partial charge in [0.1, 0.15) is 17.1 Å². The number of fused-ring (bicyclic) bond motifs is 10. The molecular formula is C82H71N4+. The normalized spacial score (nSPS) is 12.6. The quantitative estimate of drug-likeness (QED) is 0.113. The van der Waals surface area contributed by atoms with Crippen molar-refractivity contribution in [2.75, 3.05) is 21.7 Å². The second kappa shape index (κ2) is 21.3. The number of hydrogen-bond acceptors (Lipinski definition) is 3. The fourth-order valence-corrected chi connectivity index (χ4v) is 13.5. The number of quaternary nitrogens is 1. The van der Waals surface area contributed by atoms with Gasteiger partial charge >= 0.3 is 0 Å². The van der Waals surface area contributed by atoms with Gasteiger partial charge in [0.2, 0.25) is 0 Å². The summed E-state index contributed by atoms with van der Waals surface area (Å²) >= 11 is 0. The first-order valence-corrected chi connectivity index (χ1v) is 30.2. The van der Waals surface area contributed by atoms with Crippen LogP contribution in [0.25, 0.3) is 22.3 Å². The van der Waals surface area contributed by atoms with E-state index in [1.54, 1.807) is 0 Å². The molecular weight excluding hydrogens is 1040 g/mol. The van der Waals surface area contributed by atoms with E-state index in [0.717, 1.165) is 51.2 Å². The van der Waals surface area contributed by atoms with Crippen molar-refractivity contribution in [1.29, 1.82) is 0 Å². The van der Waals surface area contributed by atoms with Crippen LogP contribution in [0.4, 0.5) is 68.2 Å². The van der Waals surface area contributed by atoms with Gasteiger partial charge in [-0.1, -0.05) is 160 Å². The molecule has 4 heteroatoms. The molecule has 0 N–H and O–H groups in total. The Morgan fingerprint density at radius 3 is 0.640 bits per heavy atom. The summed E-state index contributed by atoms with van der Waals surface area (Å²) in [5, 5.41) is 0. The molecule has 0 heterocycles. The first-order chi connectivity index (χ1) is 41.7. The molecule has 2 aliphatic carbocycles. The van der Waals surface area contributed by atoms with Gasteiger partial charge in [0.15, 0.2) is 0 Å². The Kier molecular flexibility index (Phi) is 13.3. The van der Waals surface area contributed by atoms with Gasteiger partial charge in [-0.05, 0) is 215 Å². The maximum Gasteiger partial charge on any atom is 0.143 e. The molecule has 0 radical (unpaired) electrons. The van der Waals surface area contributed by atoms with Crippen molar-refractivity contribution in [3.8, 4) is 22.3 Å². The van der Waals surface area contributed by atoms with Crippen LogP contribution in [0.2, 0.25) is 0 Å². The third-order valence-corrected chi connectivity index (χ3v) is 18.4. The molecule has 0 atom stereocenters. The average molecular weight is 1110 g/mol. The highest BCUT2D eigenvalue weighted by atomic mass is 15.3. The van der Waals surface area contributed by atoms with Gasteiger partial charge in [0.05, 0.1) is 12.5 Å². The molecule has 2 aliphatic rings. The number of anilines is 9. The van der Waals surface area contributed by atoms with E-state index in [0.29, 0.717) is 4.48 Å². The lowest BCUT2D eigenvalue weighted by molar-refractivity contribution is 0.625. The zero-order valence-electron chi connectivity index (χ0n) is 50.7. The maximum absolute atomic E-state index is 2.58. The molecule has 1 spiro atoms. The van der Waals surface area contributed by atoms with E-state index < -0.39 is 5.41 Å². The fourth-order valence-electron chi connectivity index (χ4n) is 13.5. The average Bonchev–Trinajstić information content (AvgIpc) is 1.75. The second-order valence-corrected chi connectivity index (χ2v) is 24.4. The van der Waals surface area contributed by atoms with Crippen molar-refractivity contribution >= 4 is 68.2 Å². The zero-order chi connectivity index (χ0) is 59.0. The Labute approximate surface area is 508 Å². The molecule has 0 fully saturated rings. The van der Waals surface area contributed by atoms with Gasteiger partial charge in [-0.15, -0.1) is 0 Å². The molecule has 0 unspecified atom stereocenters. The molecule has 0 amide bonds. The van der Waals surface area contributed by atoms with Crippen molar-refractivity contribution < 1.29 is 0 Å². The highest BCUT2D eigenvalue weighted by Crippen LogP contribution is 2.66. The van der Waals surface area contributed by atoms with E-state index in [-0.39, 0.29) is 0 Å². The van der Waals surface area contributed by atoms with Gasteiger partial charge in [0, 0.05) is 87.6 Å². The third kappa shape index (κ3) is 9.11. The highest BCUT2D eigenvalue weighted by molar-refractivity contribution is 5.99. The number of hydrogen-bond donors (Lipinski definition) is 0. The Bertz CT molecular complexity index is 4030. The van der Waals surface area contributed by atoms with Crippen LogP contribution < -0.4 is 19.2 Å². The summed E-state index contributed by atoms with van der Waals surface area (Å²) in [5.74, 6) is 0. The summed E-state index contributed by atoms with van der Waals surface area (Å²) in [5.41, 5.74) is 32.3. The van der Waals surface area contributed by atoms with Crippen molar-refractivity contribution in [3.63, 3.8) is 0 Å². The van der Waals surface area contributed by atoms with E-state index in [1.165, 1.54) is 106 Å².